The van der Waals surface area contributed by atoms with Gasteiger partial charge in [-0.25, -0.2) is 4.39 Å². The maximum Gasteiger partial charge on any atom is 0.124 e. The molecule has 2 nitrogen and oxygen atoms in total. The van der Waals surface area contributed by atoms with E-state index >= 15 is 0 Å². The summed E-state index contributed by atoms with van der Waals surface area (Å²) in [6.07, 6.45) is 2.21. The van der Waals surface area contributed by atoms with Gasteiger partial charge in [0.2, 0.25) is 0 Å². The molecule has 0 aliphatic carbocycles. The average molecular weight is 280 g/mol. The molecule has 106 valence electrons. The van der Waals surface area contributed by atoms with Crippen LogP contribution in [0.4, 0.5) is 4.39 Å². The summed E-state index contributed by atoms with van der Waals surface area (Å²) in [7, 11) is 0. The average Bonchev–Trinajstić information content (AvgIpc) is 2.68. The molecule has 0 aromatic heterocycles. The fraction of sp³-hybridized carbons (Fsp3) is 0.278. The smallest absolute Gasteiger partial charge is 0.124 e. The summed E-state index contributed by atoms with van der Waals surface area (Å²) in [4.78, 5) is 2.32. The van der Waals surface area contributed by atoms with Gasteiger partial charge >= 0.3 is 0 Å². The Kier molecular flexibility index (Phi) is 3.98. The minimum absolute atomic E-state index is 0.334. The summed E-state index contributed by atoms with van der Waals surface area (Å²) in [6.45, 7) is 2.56. The summed E-state index contributed by atoms with van der Waals surface area (Å²) in [5.41, 5.74) is 4.02. The number of rotatable bonds is 2. The van der Waals surface area contributed by atoms with Crippen LogP contribution in [0.1, 0.15) is 28.7 Å². The number of halogens is 1. The number of nitriles is 1. The van der Waals surface area contributed by atoms with Crippen LogP contribution in [0.3, 0.4) is 0 Å². The first-order valence-corrected chi connectivity index (χ1v) is 7.23. The highest BCUT2D eigenvalue weighted by Gasteiger charge is 2.14. The van der Waals surface area contributed by atoms with Crippen LogP contribution >= 0.6 is 0 Å². The number of hydrogen-bond acceptors (Lipinski definition) is 2. The van der Waals surface area contributed by atoms with Crippen molar-refractivity contribution in [2.75, 3.05) is 6.54 Å². The van der Waals surface area contributed by atoms with Gasteiger partial charge in [0.25, 0.3) is 0 Å². The molecule has 1 heterocycles. The van der Waals surface area contributed by atoms with E-state index in [0.717, 1.165) is 31.5 Å². The maximum absolute atomic E-state index is 13.5. The molecule has 0 N–H and O–H groups in total. The SMILES string of the molecule is N#Cc1cc(F)cc(CN2CCCc3ccccc3C2)c1. The molecule has 21 heavy (non-hydrogen) atoms. The summed E-state index contributed by atoms with van der Waals surface area (Å²) in [5, 5.41) is 8.94. The number of benzene rings is 2. The minimum atomic E-state index is -0.334. The van der Waals surface area contributed by atoms with E-state index in [9.17, 15) is 4.39 Å². The molecule has 0 spiro atoms. The molecule has 0 fully saturated rings. The highest BCUT2D eigenvalue weighted by molar-refractivity contribution is 5.34. The van der Waals surface area contributed by atoms with E-state index < -0.39 is 0 Å². The minimum Gasteiger partial charge on any atom is -0.295 e. The Morgan fingerprint density at radius 1 is 1.14 bits per heavy atom. The van der Waals surface area contributed by atoms with Gasteiger partial charge in [-0.3, -0.25) is 4.90 Å². The van der Waals surface area contributed by atoms with Crippen molar-refractivity contribution < 1.29 is 4.39 Å². The van der Waals surface area contributed by atoms with E-state index in [2.05, 4.69) is 29.2 Å². The van der Waals surface area contributed by atoms with Crippen molar-refractivity contribution >= 4 is 0 Å². The van der Waals surface area contributed by atoms with Crippen LogP contribution in [0.15, 0.2) is 42.5 Å². The Balaban J connectivity index is 1.80. The number of nitrogens with zero attached hydrogens (tertiary/aromatic N) is 2. The molecule has 0 unspecified atom stereocenters. The Hall–Kier alpha value is -2.18. The van der Waals surface area contributed by atoms with Crippen molar-refractivity contribution in [2.45, 2.75) is 25.9 Å². The lowest BCUT2D eigenvalue weighted by Crippen LogP contribution is -2.22. The van der Waals surface area contributed by atoms with Gasteiger partial charge in [0.1, 0.15) is 5.82 Å². The number of fused-ring (bicyclic) bond motifs is 1. The van der Waals surface area contributed by atoms with Gasteiger partial charge in [-0.15, -0.1) is 0 Å². The Labute approximate surface area is 124 Å². The third-order valence-corrected chi connectivity index (χ3v) is 3.93. The zero-order chi connectivity index (χ0) is 14.7. The van der Waals surface area contributed by atoms with E-state index in [1.54, 1.807) is 6.07 Å². The third kappa shape index (κ3) is 3.29. The first-order valence-electron chi connectivity index (χ1n) is 7.23. The van der Waals surface area contributed by atoms with Crippen LogP contribution in [0.5, 0.6) is 0 Å². The highest BCUT2D eigenvalue weighted by atomic mass is 19.1. The van der Waals surface area contributed by atoms with Crippen molar-refractivity contribution in [3.8, 4) is 6.07 Å². The molecule has 0 saturated heterocycles. The van der Waals surface area contributed by atoms with E-state index in [0.29, 0.717) is 12.1 Å². The van der Waals surface area contributed by atoms with E-state index in [1.807, 2.05) is 6.07 Å². The molecule has 0 atom stereocenters. The van der Waals surface area contributed by atoms with Crippen LogP contribution in [-0.4, -0.2) is 11.4 Å². The van der Waals surface area contributed by atoms with E-state index in [4.69, 9.17) is 5.26 Å². The molecular weight excluding hydrogens is 263 g/mol. The first-order chi connectivity index (χ1) is 10.2. The van der Waals surface area contributed by atoms with Crippen molar-refractivity contribution in [1.82, 2.24) is 4.90 Å². The van der Waals surface area contributed by atoms with E-state index in [-0.39, 0.29) is 5.82 Å². The summed E-state index contributed by atoms with van der Waals surface area (Å²) < 4.78 is 13.5. The number of aryl methyl sites for hydroxylation is 1. The fourth-order valence-electron chi connectivity index (χ4n) is 2.97. The van der Waals surface area contributed by atoms with Gasteiger partial charge in [-0.2, -0.15) is 5.26 Å². The monoisotopic (exact) mass is 280 g/mol. The summed E-state index contributed by atoms with van der Waals surface area (Å²) in [6, 6.07) is 15.1. The van der Waals surface area contributed by atoms with Crippen LogP contribution in [0, 0.1) is 17.1 Å². The molecule has 0 bridgehead atoms. The van der Waals surface area contributed by atoms with Crippen molar-refractivity contribution in [3.63, 3.8) is 0 Å². The first kappa shape index (κ1) is 13.8. The van der Waals surface area contributed by atoms with Crippen LogP contribution < -0.4 is 0 Å². The molecule has 3 heteroatoms. The van der Waals surface area contributed by atoms with Crippen LogP contribution in [-0.2, 0) is 19.5 Å². The third-order valence-electron chi connectivity index (χ3n) is 3.93. The molecule has 0 saturated carbocycles. The zero-order valence-electron chi connectivity index (χ0n) is 11.8. The van der Waals surface area contributed by atoms with E-state index in [1.165, 1.54) is 23.3 Å². The lowest BCUT2D eigenvalue weighted by molar-refractivity contribution is 0.260. The molecular formula is C18H17FN2. The zero-order valence-corrected chi connectivity index (χ0v) is 11.8. The molecule has 1 aliphatic rings. The predicted molar refractivity (Wildman–Crippen MR) is 80.0 cm³/mol. The normalized spacial score (nSPS) is 15.0. The molecule has 0 amide bonds. The van der Waals surface area contributed by atoms with Gasteiger partial charge in [0.15, 0.2) is 0 Å². The largest absolute Gasteiger partial charge is 0.295 e. The molecule has 3 rings (SSSR count). The fourth-order valence-corrected chi connectivity index (χ4v) is 2.97. The molecule has 2 aromatic rings. The molecule has 1 aliphatic heterocycles. The number of hydrogen-bond donors (Lipinski definition) is 0. The lowest BCUT2D eigenvalue weighted by atomic mass is 10.0. The Bertz CT molecular complexity index is 688. The Morgan fingerprint density at radius 3 is 2.76 bits per heavy atom. The van der Waals surface area contributed by atoms with Crippen LogP contribution in [0.2, 0.25) is 0 Å². The highest BCUT2D eigenvalue weighted by Crippen LogP contribution is 2.20. The van der Waals surface area contributed by atoms with Gasteiger partial charge in [0.05, 0.1) is 11.6 Å². The van der Waals surface area contributed by atoms with Gasteiger partial charge in [0, 0.05) is 13.1 Å². The standard InChI is InChI=1S/C18H17FN2/c19-18-9-14(11-20)8-15(10-18)12-21-7-3-6-16-4-1-2-5-17(16)13-21/h1-2,4-5,8-10H,3,6-7,12-13H2. The summed E-state index contributed by atoms with van der Waals surface area (Å²) in [5.74, 6) is -0.334. The predicted octanol–water partition coefficient (Wildman–Crippen LogP) is 3.65. The van der Waals surface area contributed by atoms with Crippen molar-refractivity contribution in [3.05, 3.63) is 70.5 Å². The lowest BCUT2D eigenvalue weighted by Gasteiger charge is -2.20. The molecule has 0 radical (unpaired) electrons. The van der Waals surface area contributed by atoms with Crippen molar-refractivity contribution in [1.29, 1.82) is 5.26 Å². The van der Waals surface area contributed by atoms with Gasteiger partial charge in [-0.05, 0) is 54.3 Å². The second-order valence-electron chi connectivity index (χ2n) is 5.54. The second-order valence-corrected chi connectivity index (χ2v) is 5.54. The topological polar surface area (TPSA) is 27.0 Å². The molecule has 2 aromatic carbocycles. The van der Waals surface area contributed by atoms with Gasteiger partial charge < -0.3 is 0 Å². The Morgan fingerprint density at radius 2 is 1.95 bits per heavy atom. The van der Waals surface area contributed by atoms with Crippen LogP contribution in [0.25, 0.3) is 0 Å². The van der Waals surface area contributed by atoms with Crippen molar-refractivity contribution in [2.24, 2.45) is 0 Å². The van der Waals surface area contributed by atoms with Gasteiger partial charge in [-0.1, -0.05) is 24.3 Å². The maximum atomic E-state index is 13.5. The second kappa shape index (κ2) is 6.07. The quantitative estimate of drug-likeness (QED) is 0.839. The summed E-state index contributed by atoms with van der Waals surface area (Å²) >= 11 is 0.